The molecule has 0 N–H and O–H groups in total. The molecule has 0 amide bonds. The lowest BCUT2D eigenvalue weighted by atomic mass is 10.3. The Labute approximate surface area is 87.7 Å². The SMILES string of the molecule is CCOc1cccc(Cn2ccnn2)n1. The first-order valence-electron chi connectivity index (χ1n) is 4.81. The Hall–Kier alpha value is -1.91. The molecule has 0 spiro atoms. The predicted molar refractivity (Wildman–Crippen MR) is 54.5 cm³/mol. The highest BCUT2D eigenvalue weighted by Gasteiger charge is 1.99. The zero-order valence-electron chi connectivity index (χ0n) is 8.50. The highest BCUT2D eigenvalue weighted by Crippen LogP contribution is 2.08. The van der Waals surface area contributed by atoms with E-state index in [-0.39, 0.29) is 0 Å². The molecule has 0 aliphatic rings. The van der Waals surface area contributed by atoms with Gasteiger partial charge in [-0.15, -0.1) is 5.10 Å². The third kappa shape index (κ3) is 2.52. The third-order valence-electron chi connectivity index (χ3n) is 1.87. The number of pyridine rings is 1. The van der Waals surface area contributed by atoms with E-state index in [4.69, 9.17) is 4.74 Å². The van der Waals surface area contributed by atoms with Crippen molar-refractivity contribution in [2.75, 3.05) is 6.61 Å². The highest BCUT2D eigenvalue weighted by molar-refractivity contribution is 5.15. The van der Waals surface area contributed by atoms with Gasteiger partial charge < -0.3 is 4.74 Å². The van der Waals surface area contributed by atoms with Crippen LogP contribution < -0.4 is 4.74 Å². The number of ether oxygens (including phenoxy) is 1. The smallest absolute Gasteiger partial charge is 0.213 e. The Morgan fingerprint density at radius 2 is 2.33 bits per heavy atom. The van der Waals surface area contributed by atoms with E-state index in [9.17, 15) is 0 Å². The third-order valence-corrected chi connectivity index (χ3v) is 1.87. The first-order chi connectivity index (χ1) is 7.38. The molecule has 78 valence electrons. The van der Waals surface area contributed by atoms with E-state index < -0.39 is 0 Å². The molecule has 0 atom stereocenters. The van der Waals surface area contributed by atoms with Crippen molar-refractivity contribution in [1.29, 1.82) is 0 Å². The van der Waals surface area contributed by atoms with E-state index in [0.29, 0.717) is 19.0 Å². The van der Waals surface area contributed by atoms with Gasteiger partial charge in [0.25, 0.3) is 0 Å². The van der Waals surface area contributed by atoms with Crippen LogP contribution in [0.4, 0.5) is 0 Å². The Kier molecular flexibility index (Phi) is 2.92. The van der Waals surface area contributed by atoms with Crippen molar-refractivity contribution in [3.8, 4) is 5.88 Å². The molecule has 0 fully saturated rings. The molecular formula is C10H12N4O. The van der Waals surface area contributed by atoms with Gasteiger partial charge in [-0.1, -0.05) is 11.3 Å². The zero-order chi connectivity index (χ0) is 10.5. The Morgan fingerprint density at radius 3 is 3.07 bits per heavy atom. The summed E-state index contributed by atoms with van der Waals surface area (Å²) >= 11 is 0. The first kappa shape index (κ1) is 9.64. The second-order valence-electron chi connectivity index (χ2n) is 3.00. The van der Waals surface area contributed by atoms with Crippen LogP contribution >= 0.6 is 0 Å². The second-order valence-corrected chi connectivity index (χ2v) is 3.00. The maximum Gasteiger partial charge on any atom is 0.213 e. The summed E-state index contributed by atoms with van der Waals surface area (Å²) in [6.07, 6.45) is 3.45. The van der Waals surface area contributed by atoms with Crippen molar-refractivity contribution in [3.05, 3.63) is 36.3 Å². The van der Waals surface area contributed by atoms with Crippen LogP contribution in [0.3, 0.4) is 0 Å². The van der Waals surface area contributed by atoms with E-state index >= 15 is 0 Å². The summed E-state index contributed by atoms with van der Waals surface area (Å²) in [7, 11) is 0. The standard InChI is InChI=1S/C10H12N4O/c1-2-15-10-5-3-4-9(12-10)8-14-7-6-11-13-14/h3-7H,2,8H2,1H3. The van der Waals surface area contributed by atoms with Crippen LogP contribution in [0.15, 0.2) is 30.6 Å². The molecule has 5 nitrogen and oxygen atoms in total. The van der Waals surface area contributed by atoms with Crippen LogP contribution in [0.1, 0.15) is 12.6 Å². The fourth-order valence-electron chi connectivity index (χ4n) is 1.26. The summed E-state index contributed by atoms with van der Waals surface area (Å²) in [5, 5.41) is 7.60. The lowest BCUT2D eigenvalue weighted by molar-refractivity contribution is 0.325. The van der Waals surface area contributed by atoms with E-state index in [1.807, 2.05) is 25.1 Å². The number of hydrogen-bond donors (Lipinski definition) is 0. The summed E-state index contributed by atoms with van der Waals surface area (Å²) < 4.78 is 7.03. The average Bonchev–Trinajstić information content (AvgIpc) is 2.71. The summed E-state index contributed by atoms with van der Waals surface area (Å²) in [6.45, 7) is 3.17. The maximum atomic E-state index is 5.31. The summed E-state index contributed by atoms with van der Waals surface area (Å²) in [4.78, 5) is 4.33. The lowest BCUT2D eigenvalue weighted by Crippen LogP contribution is -2.04. The molecular weight excluding hydrogens is 192 g/mol. The molecule has 0 aliphatic carbocycles. The fourth-order valence-corrected chi connectivity index (χ4v) is 1.26. The molecule has 2 aromatic heterocycles. The van der Waals surface area contributed by atoms with Crippen molar-refractivity contribution < 1.29 is 4.74 Å². The first-order valence-corrected chi connectivity index (χ1v) is 4.81. The molecule has 0 saturated heterocycles. The maximum absolute atomic E-state index is 5.31. The van der Waals surface area contributed by atoms with Gasteiger partial charge in [0.15, 0.2) is 0 Å². The van der Waals surface area contributed by atoms with Crippen LogP contribution in [-0.2, 0) is 6.54 Å². The lowest BCUT2D eigenvalue weighted by Gasteiger charge is -2.04. The minimum atomic E-state index is 0.612. The normalized spacial score (nSPS) is 10.2. The molecule has 0 radical (unpaired) electrons. The van der Waals surface area contributed by atoms with Crippen LogP contribution in [0.25, 0.3) is 0 Å². The van der Waals surface area contributed by atoms with Crippen molar-refractivity contribution in [2.45, 2.75) is 13.5 Å². The van der Waals surface area contributed by atoms with Gasteiger partial charge in [0, 0.05) is 12.3 Å². The van der Waals surface area contributed by atoms with Gasteiger partial charge in [0.05, 0.1) is 25.0 Å². The Balaban J connectivity index is 2.11. The molecule has 0 aromatic carbocycles. The van der Waals surface area contributed by atoms with Gasteiger partial charge in [-0.05, 0) is 13.0 Å². The van der Waals surface area contributed by atoms with E-state index in [1.54, 1.807) is 17.1 Å². The molecule has 5 heteroatoms. The van der Waals surface area contributed by atoms with E-state index in [0.717, 1.165) is 5.69 Å². The van der Waals surface area contributed by atoms with E-state index in [1.165, 1.54) is 0 Å². The molecule has 2 aromatic rings. The summed E-state index contributed by atoms with van der Waals surface area (Å²) in [5.41, 5.74) is 0.909. The van der Waals surface area contributed by atoms with Crippen LogP contribution in [0.2, 0.25) is 0 Å². The van der Waals surface area contributed by atoms with Crippen molar-refractivity contribution in [3.63, 3.8) is 0 Å². The quantitative estimate of drug-likeness (QED) is 0.748. The molecule has 2 rings (SSSR count). The Morgan fingerprint density at radius 1 is 1.40 bits per heavy atom. The van der Waals surface area contributed by atoms with Crippen molar-refractivity contribution in [1.82, 2.24) is 20.0 Å². The van der Waals surface area contributed by atoms with Crippen LogP contribution in [0, 0.1) is 0 Å². The average molecular weight is 204 g/mol. The zero-order valence-corrected chi connectivity index (χ0v) is 8.50. The van der Waals surface area contributed by atoms with Gasteiger partial charge >= 0.3 is 0 Å². The number of rotatable bonds is 4. The fraction of sp³-hybridized carbons (Fsp3) is 0.300. The monoisotopic (exact) mass is 204 g/mol. The van der Waals surface area contributed by atoms with Gasteiger partial charge in [0.1, 0.15) is 0 Å². The molecule has 0 aliphatic heterocycles. The van der Waals surface area contributed by atoms with Crippen LogP contribution in [0.5, 0.6) is 5.88 Å². The minimum Gasteiger partial charge on any atom is -0.478 e. The second kappa shape index (κ2) is 4.54. The molecule has 0 bridgehead atoms. The van der Waals surface area contributed by atoms with Crippen molar-refractivity contribution in [2.24, 2.45) is 0 Å². The topological polar surface area (TPSA) is 52.8 Å². The number of aromatic nitrogens is 4. The van der Waals surface area contributed by atoms with Crippen molar-refractivity contribution >= 4 is 0 Å². The van der Waals surface area contributed by atoms with Gasteiger partial charge in [-0.3, -0.25) is 0 Å². The number of nitrogens with zero attached hydrogens (tertiary/aromatic N) is 4. The Bertz CT molecular complexity index is 413. The summed E-state index contributed by atoms with van der Waals surface area (Å²) in [6, 6.07) is 5.70. The molecule has 0 saturated carbocycles. The van der Waals surface area contributed by atoms with Gasteiger partial charge in [-0.25, -0.2) is 9.67 Å². The highest BCUT2D eigenvalue weighted by atomic mass is 16.5. The molecule has 0 unspecified atom stereocenters. The van der Waals surface area contributed by atoms with Gasteiger partial charge in [-0.2, -0.15) is 0 Å². The molecule has 15 heavy (non-hydrogen) atoms. The summed E-state index contributed by atoms with van der Waals surface area (Å²) in [5.74, 6) is 0.648. The van der Waals surface area contributed by atoms with Crippen LogP contribution in [-0.4, -0.2) is 26.6 Å². The van der Waals surface area contributed by atoms with E-state index in [2.05, 4.69) is 15.3 Å². The predicted octanol–water partition coefficient (Wildman–Crippen LogP) is 1.12. The van der Waals surface area contributed by atoms with Gasteiger partial charge in [0.2, 0.25) is 5.88 Å². The molecule has 2 heterocycles. The number of hydrogen-bond acceptors (Lipinski definition) is 4. The minimum absolute atomic E-state index is 0.612. The largest absolute Gasteiger partial charge is 0.478 e.